The molecule has 1 atom stereocenters. The molecule has 41 heavy (non-hydrogen) atoms. The van der Waals surface area contributed by atoms with Gasteiger partial charge in [-0.25, -0.2) is 4.99 Å². The highest BCUT2D eigenvalue weighted by atomic mass is 32.1. The molecule has 2 aliphatic rings. The van der Waals surface area contributed by atoms with Gasteiger partial charge in [0.1, 0.15) is 5.00 Å². The number of likely N-dealkylation sites (tertiary alicyclic amines) is 1. The first-order valence-corrected chi connectivity index (χ1v) is 15.2. The molecule has 1 aromatic heterocycles. The zero-order valence-corrected chi connectivity index (χ0v) is 25.2. The molecule has 0 spiro atoms. The quantitative estimate of drug-likeness (QED) is 0.297. The SMILES string of the molecule is COc1cc(C=Nc2sc3c(c2C(=O)Nc2ccccc2)CC[C@H](C(C)(C)C)C3)ccc1OCC(=O)N1CCCC1. The highest BCUT2D eigenvalue weighted by Gasteiger charge is 2.33. The summed E-state index contributed by atoms with van der Waals surface area (Å²) in [6.45, 7) is 8.45. The third-order valence-corrected chi connectivity index (χ3v) is 9.22. The molecule has 216 valence electrons. The Morgan fingerprint density at radius 1 is 1.10 bits per heavy atom. The van der Waals surface area contributed by atoms with Crippen LogP contribution in [0.15, 0.2) is 53.5 Å². The van der Waals surface area contributed by atoms with E-state index in [1.807, 2.05) is 47.4 Å². The van der Waals surface area contributed by atoms with E-state index in [1.165, 1.54) is 4.88 Å². The number of aliphatic imine (C=N–C) groups is 1. The summed E-state index contributed by atoms with van der Waals surface area (Å²) < 4.78 is 11.4. The molecule has 7 nitrogen and oxygen atoms in total. The minimum Gasteiger partial charge on any atom is -0.493 e. The lowest BCUT2D eigenvalue weighted by Crippen LogP contribution is -2.32. The molecule has 2 aromatic carbocycles. The van der Waals surface area contributed by atoms with Gasteiger partial charge in [-0.3, -0.25) is 9.59 Å². The van der Waals surface area contributed by atoms with Crippen molar-refractivity contribution in [2.24, 2.45) is 16.3 Å². The molecule has 0 saturated carbocycles. The minimum atomic E-state index is -0.126. The van der Waals surface area contributed by atoms with Crippen molar-refractivity contribution in [2.75, 3.05) is 32.1 Å². The number of nitrogens with zero attached hydrogens (tertiary/aromatic N) is 2. The molecule has 0 bridgehead atoms. The third kappa shape index (κ3) is 6.81. The number of thiophene rings is 1. The summed E-state index contributed by atoms with van der Waals surface area (Å²) in [7, 11) is 1.58. The van der Waals surface area contributed by atoms with Crippen molar-refractivity contribution < 1.29 is 19.1 Å². The van der Waals surface area contributed by atoms with E-state index in [4.69, 9.17) is 14.5 Å². The van der Waals surface area contributed by atoms with E-state index >= 15 is 0 Å². The molecule has 1 aliphatic heterocycles. The van der Waals surface area contributed by atoms with Crippen LogP contribution in [-0.2, 0) is 17.6 Å². The second-order valence-corrected chi connectivity index (χ2v) is 12.9. The number of nitrogens with one attached hydrogen (secondary N) is 1. The van der Waals surface area contributed by atoms with E-state index in [9.17, 15) is 9.59 Å². The van der Waals surface area contributed by atoms with E-state index in [-0.39, 0.29) is 23.8 Å². The van der Waals surface area contributed by atoms with Crippen molar-refractivity contribution in [1.29, 1.82) is 0 Å². The van der Waals surface area contributed by atoms with Gasteiger partial charge in [-0.15, -0.1) is 11.3 Å². The predicted octanol–water partition coefficient (Wildman–Crippen LogP) is 6.91. The predicted molar refractivity (Wildman–Crippen MR) is 165 cm³/mol. The van der Waals surface area contributed by atoms with Crippen LogP contribution in [0.4, 0.5) is 10.7 Å². The molecule has 1 fully saturated rings. The third-order valence-electron chi connectivity index (χ3n) is 8.06. The van der Waals surface area contributed by atoms with Crippen molar-refractivity contribution in [1.82, 2.24) is 4.90 Å². The van der Waals surface area contributed by atoms with Crippen LogP contribution in [0.1, 0.15) is 66.4 Å². The second-order valence-electron chi connectivity index (χ2n) is 11.9. The van der Waals surface area contributed by atoms with Gasteiger partial charge in [0.25, 0.3) is 11.8 Å². The number of carbonyl (C=O) groups is 2. The van der Waals surface area contributed by atoms with Crippen LogP contribution in [-0.4, -0.2) is 49.7 Å². The van der Waals surface area contributed by atoms with Crippen molar-refractivity contribution in [2.45, 2.75) is 52.9 Å². The molecule has 8 heteroatoms. The number of anilines is 1. The fourth-order valence-corrected chi connectivity index (χ4v) is 6.83. The van der Waals surface area contributed by atoms with Gasteiger partial charge in [0.2, 0.25) is 0 Å². The number of ether oxygens (including phenoxy) is 2. The Hall–Kier alpha value is -3.65. The Morgan fingerprint density at radius 3 is 2.56 bits per heavy atom. The first-order chi connectivity index (χ1) is 19.7. The van der Waals surface area contributed by atoms with E-state index in [0.717, 1.165) is 62.0 Å². The van der Waals surface area contributed by atoms with Gasteiger partial charge in [0, 0.05) is 29.9 Å². The number of para-hydroxylation sites is 1. The monoisotopic (exact) mass is 573 g/mol. The molecular weight excluding hydrogens is 534 g/mol. The van der Waals surface area contributed by atoms with Crippen LogP contribution >= 0.6 is 11.3 Å². The zero-order chi connectivity index (χ0) is 29.0. The Bertz CT molecular complexity index is 1420. The van der Waals surface area contributed by atoms with Crippen LogP contribution in [0.2, 0.25) is 0 Å². The van der Waals surface area contributed by atoms with Crippen molar-refractivity contribution in [3.63, 3.8) is 0 Å². The minimum absolute atomic E-state index is 0.00753. The van der Waals surface area contributed by atoms with Crippen LogP contribution in [0.5, 0.6) is 11.5 Å². The maximum Gasteiger partial charge on any atom is 0.260 e. The fraction of sp³-hybridized carbons (Fsp3) is 0.424. The van der Waals surface area contributed by atoms with E-state index in [1.54, 1.807) is 30.7 Å². The van der Waals surface area contributed by atoms with Gasteiger partial charge in [0.05, 0.1) is 12.7 Å². The Morgan fingerprint density at radius 2 is 1.85 bits per heavy atom. The second kappa shape index (κ2) is 12.5. The van der Waals surface area contributed by atoms with E-state index < -0.39 is 0 Å². The molecule has 2 amide bonds. The Labute approximate surface area is 246 Å². The standard InChI is InChI=1S/C33H39N3O4S/c1-33(2,3)23-13-14-25-28(19-23)41-32(30(25)31(38)35-24-10-6-5-7-11-24)34-20-22-12-15-26(27(18-22)39-4)40-21-29(37)36-16-8-9-17-36/h5-7,10-12,15,18,20,23H,8-9,13-14,16-17,19,21H2,1-4H3,(H,35,38)/t23-/m0/s1. The van der Waals surface area contributed by atoms with Crippen molar-refractivity contribution in [3.05, 3.63) is 70.1 Å². The molecular formula is C33H39N3O4S. The van der Waals surface area contributed by atoms with Gasteiger partial charge < -0.3 is 19.7 Å². The lowest BCUT2D eigenvalue weighted by atomic mass is 9.72. The summed E-state index contributed by atoms with van der Waals surface area (Å²) in [6.07, 6.45) is 6.74. The Kier molecular flexibility index (Phi) is 8.78. The van der Waals surface area contributed by atoms with Crippen molar-refractivity contribution in [3.8, 4) is 11.5 Å². The molecule has 0 radical (unpaired) electrons. The molecule has 1 saturated heterocycles. The lowest BCUT2D eigenvalue weighted by Gasteiger charge is -2.33. The number of rotatable bonds is 8. The first kappa shape index (κ1) is 28.9. The maximum atomic E-state index is 13.6. The summed E-state index contributed by atoms with van der Waals surface area (Å²) in [4.78, 5) is 33.9. The maximum absolute atomic E-state index is 13.6. The van der Waals surface area contributed by atoms with Crippen LogP contribution in [0.3, 0.4) is 0 Å². The average Bonchev–Trinajstić information content (AvgIpc) is 3.63. The summed E-state index contributed by atoms with van der Waals surface area (Å²) >= 11 is 1.62. The molecule has 3 aromatic rings. The van der Waals surface area contributed by atoms with Gasteiger partial charge in [-0.05, 0) is 84.9 Å². The summed E-state index contributed by atoms with van der Waals surface area (Å²) in [5, 5.41) is 3.79. The first-order valence-electron chi connectivity index (χ1n) is 14.4. The number of fused-ring (bicyclic) bond motifs is 1. The summed E-state index contributed by atoms with van der Waals surface area (Å²) in [5.74, 6) is 1.47. The van der Waals surface area contributed by atoms with Gasteiger partial charge in [-0.1, -0.05) is 39.0 Å². The lowest BCUT2D eigenvalue weighted by molar-refractivity contribution is -0.132. The smallest absolute Gasteiger partial charge is 0.260 e. The zero-order valence-electron chi connectivity index (χ0n) is 24.4. The molecule has 2 heterocycles. The van der Waals surface area contributed by atoms with Gasteiger partial charge in [-0.2, -0.15) is 0 Å². The number of amides is 2. The normalized spacial score (nSPS) is 17.0. The van der Waals surface area contributed by atoms with Crippen molar-refractivity contribution >= 4 is 40.1 Å². The van der Waals surface area contributed by atoms with Crippen LogP contribution in [0, 0.1) is 11.3 Å². The number of benzene rings is 2. The van der Waals surface area contributed by atoms with Crippen LogP contribution < -0.4 is 14.8 Å². The highest BCUT2D eigenvalue weighted by molar-refractivity contribution is 7.16. The highest BCUT2D eigenvalue weighted by Crippen LogP contribution is 2.45. The fourth-order valence-electron chi connectivity index (χ4n) is 5.57. The number of carbonyl (C=O) groups excluding carboxylic acids is 2. The topological polar surface area (TPSA) is 80.2 Å². The molecule has 1 N–H and O–H groups in total. The van der Waals surface area contributed by atoms with E-state index in [2.05, 4.69) is 26.1 Å². The van der Waals surface area contributed by atoms with Crippen LogP contribution in [0.25, 0.3) is 0 Å². The molecule has 5 rings (SSSR count). The summed E-state index contributed by atoms with van der Waals surface area (Å²) in [5.41, 5.74) is 3.58. The number of hydrogen-bond donors (Lipinski definition) is 1. The molecule has 0 unspecified atom stereocenters. The van der Waals surface area contributed by atoms with Gasteiger partial charge >= 0.3 is 0 Å². The largest absolute Gasteiger partial charge is 0.493 e. The molecule has 1 aliphatic carbocycles. The van der Waals surface area contributed by atoms with Gasteiger partial charge in [0.15, 0.2) is 18.1 Å². The van der Waals surface area contributed by atoms with E-state index in [0.29, 0.717) is 28.0 Å². The summed E-state index contributed by atoms with van der Waals surface area (Å²) in [6, 6.07) is 15.1. The average molecular weight is 574 g/mol. The number of hydrogen-bond acceptors (Lipinski definition) is 6. The number of methoxy groups -OCH3 is 1. The Balaban J connectivity index is 1.38.